The van der Waals surface area contributed by atoms with Gasteiger partial charge in [0.2, 0.25) is 0 Å². The Hall–Kier alpha value is -1.16. The van der Waals surface area contributed by atoms with Crippen molar-refractivity contribution >= 4 is 23.6 Å². The van der Waals surface area contributed by atoms with Gasteiger partial charge in [0.15, 0.2) is 6.29 Å². The summed E-state index contributed by atoms with van der Waals surface area (Å²) in [5.41, 5.74) is 0.331. The number of carboxylic acid groups (broad SMARTS) is 1. The summed E-state index contributed by atoms with van der Waals surface area (Å²) in [6, 6.07) is 0. The summed E-state index contributed by atoms with van der Waals surface area (Å²) in [6.45, 7) is 0. The van der Waals surface area contributed by atoms with Crippen LogP contribution in [-0.4, -0.2) is 17.4 Å². The molecule has 52 valence electrons. The zero-order valence-corrected chi connectivity index (χ0v) is 5.72. The lowest BCUT2D eigenvalue weighted by molar-refractivity contribution is 0.0694. The second kappa shape index (κ2) is 2.62. The van der Waals surface area contributed by atoms with Gasteiger partial charge in [0.1, 0.15) is 0 Å². The number of carbonyl (C=O) groups excluding carboxylic acids is 1. The fourth-order valence-electron chi connectivity index (χ4n) is 0.572. The van der Waals surface area contributed by atoms with E-state index in [1.54, 1.807) is 0 Å². The van der Waals surface area contributed by atoms with Crippen molar-refractivity contribution in [2.75, 3.05) is 0 Å². The van der Waals surface area contributed by atoms with Crippen molar-refractivity contribution in [3.05, 3.63) is 21.9 Å². The summed E-state index contributed by atoms with van der Waals surface area (Å²) in [5, 5.41) is 11.4. The summed E-state index contributed by atoms with van der Waals surface area (Å²) in [4.78, 5) is 20.4. The third kappa shape index (κ3) is 1.06. The number of aldehydes is 1. The van der Waals surface area contributed by atoms with Crippen molar-refractivity contribution in [3.8, 4) is 0 Å². The molecule has 4 heteroatoms. The van der Waals surface area contributed by atoms with E-state index in [0.29, 0.717) is 6.29 Å². The molecule has 0 spiro atoms. The van der Waals surface area contributed by atoms with Crippen molar-refractivity contribution in [1.29, 1.82) is 0 Å². The van der Waals surface area contributed by atoms with E-state index >= 15 is 0 Å². The molecule has 0 unspecified atom stereocenters. The number of hydrogen-bond donors (Lipinski definition) is 1. The second-order valence-corrected chi connectivity index (χ2v) is 2.41. The third-order valence-corrected chi connectivity index (χ3v) is 1.81. The molecule has 0 aliphatic heterocycles. The summed E-state index contributed by atoms with van der Waals surface area (Å²) in [5.74, 6) is -1.05. The lowest BCUT2D eigenvalue weighted by Crippen LogP contribution is -1.96. The zero-order valence-electron chi connectivity index (χ0n) is 4.90. The van der Waals surface area contributed by atoms with E-state index in [1.807, 2.05) is 0 Å². The molecule has 1 heterocycles. The van der Waals surface area contributed by atoms with Gasteiger partial charge in [0, 0.05) is 16.3 Å². The van der Waals surface area contributed by atoms with Crippen LogP contribution in [0.25, 0.3) is 0 Å². The Kier molecular flexibility index (Phi) is 1.82. The minimum atomic E-state index is -1.05. The maximum Gasteiger partial charge on any atom is 0.337 e. The molecule has 0 saturated heterocycles. The Labute approximate surface area is 60.9 Å². The lowest BCUT2D eigenvalue weighted by Gasteiger charge is -1.85. The highest BCUT2D eigenvalue weighted by molar-refractivity contribution is 7.08. The molecule has 0 atom stereocenters. The Balaban J connectivity index is 3.13. The molecule has 1 aromatic rings. The van der Waals surface area contributed by atoms with Crippen LogP contribution in [0.5, 0.6) is 0 Å². The van der Waals surface area contributed by atoms with Crippen LogP contribution in [0.3, 0.4) is 0 Å². The molecular formula is C6H4O3S. The van der Waals surface area contributed by atoms with Gasteiger partial charge in [-0.05, 0) is 0 Å². The van der Waals surface area contributed by atoms with Gasteiger partial charge in [-0.15, -0.1) is 0 Å². The van der Waals surface area contributed by atoms with Crippen LogP contribution >= 0.6 is 11.3 Å². The van der Waals surface area contributed by atoms with Crippen LogP contribution in [-0.2, 0) is 0 Å². The van der Waals surface area contributed by atoms with E-state index in [2.05, 4.69) is 0 Å². The molecule has 0 bridgehead atoms. The van der Waals surface area contributed by atoms with Crippen LogP contribution in [0.15, 0.2) is 10.8 Å². The molecule has 0 saturated carbocycles. The van der Waals surface area contributed by atoms with Crippen LogP contribution in [0.1, 0.15) is 20.7 Å². The SMILES string of the molecule is O=Cc1cscc1C(=O)O. The molecule has 10 heavy (non-hydrogen) atoms. The fraction of sp³-hybridized carbons (Fsp3) is 0. The first-order chi connectivity index (χ1) is 4.75. The molecule has 0 fully saturated rings. The first-order valence-corrected chi connectivity index (χ1v) is 3.44. The Morgan fingerprint density at radius 3 is 2.70 bits per heavy atom. The molecule has 3 nitrogen and oxygen atoms in total. The van der Waals surface area contributed by atoms with Crippen molar-refractivity contribution in [2.45, 2.75) is 0 Å². The topological polar surface area (TPSA) is 54.4 Å². The highest BCUT2D eigenvalue weighted by Gasteiger charge is 2.08. The molecule has 0 aromatic carbocycles. The molecule has 1 aromatic heterocycles. The highest BCUT2D eigenvalue weighted by atomic mass is 32.1. The largest absolute Gasteiger partial charge is 0.478 e. The number of aromatic carboxylic acids is 1. The van der Waals surface area contributed by atoms with Gasteiger partial charge in [-0.25, -0.2) is 4.79 Å². The normalized spacial score (nSPS) is 9.20. The molecule has 1 N–H and O–H groups in total. The summed E-state index contributed by atoms with van der Waals surface area (Å²) in [7, 11) is 0. The molecular weight excluding hydrogens is 152 g/mol. The predicted octanol–water partition coefficient (Wildman–Crippen LogP) is 1.26. The van der Waals surface area contributed by atoms with E-state index in [1.165, 1.54) is 22.1 Å². The predicted molar refractivity (Wildman–Crippen MR) is 36.7 cm³/mol. The van der Waals surface area contributed by atoms with E-state index in [-0.39, 0.29) is 11.1 Å². The van der Waals surface area contributed by atoms with Gasteiger partial charge in [-0.1, -0.05) is 0 Å². The van der Waals surface area contributed by atoms with Crippen LogP contribution in [0.4, 0.5) is 0 Å². The van der Waals surface area contributed by atoms with Gasteiger partial charge in [0.05, 0.1) is 5.56 Å². The van der Waals surface area contributed by atoms with Gasteiger partial charge in [-0.2, -0.15) is 11.3 Å². The van der Waals surface area contributed by atoms with Crippen molar-refractivity contribution in [1.82, 2.24) is 0 Å². The average molecular weight is 156 g/mol. The van der Waals surface area contributed by atoms with Crippen LogP contribution in [0.2, 0.25) is 0 Å². The number of carboxylic acids is 1. The maximum absolute atomic E-state index is 10.3. The number of thiophene rings is 1. The van der Waals surface area contributed by atoms with Gasteiger partial charge < -0.3 is 5.11 Å². The van der Waals surface area contributed by atoms with Crippen molar-refractivity contribution in [2.24, 2.45) is 0 Å². The Bertz CT molecular complexity index is 264. The Morgan fingerprint density at radius 2 is 2.30 bits per heavy atom. The summed E-state index contributed by atoms with van der Waals surface area (Å²) in [6.07, 6.45) is 0.542. The molecule has 1 rings (SSSR count). The Morgan fingerprint density at radius 1 is 1.60 bits per heavy atom. The van der Waals surface area contributed by atoms with Crippen molar-refractivity contribution < 1.29 is 14.7 Å². The minimum Gasteiger partial charge on any atom is -0.478 e. The summed E-state index contributed by atoms with van der Waals surface area (Å²) >= 11 is 1.21. The van der Waals surface area contributed by atoms with E-state index < -0.39 is 5.97 Å². The molecule has 0 aliphatic carbocycles. The fourth-order valence-corrected chi connectivity index (χ4v) is 1.34. The zero-order chi connectivity index (χ0) is 7.56. The number of hydrogen-bond acceptors (Lipinski definition) is 3. The average Bonchev–Trinajstić information content (AvgIpc) is 2.33. The highest BCUT2D eigenvalue weighted by Crippen LogP contribution is 2.11. The number of carbonyl (C=O) groups is 2. The van der Waals surface area contributed by atoms with Crippen molar-refractivity contribution in [3.63, 3.8) is 0 Å². The van der Waals surface area contributed by atoms with E-state index in [0.717, 1.165) is 0 Å². The first-order valence-electron chi connectivity index (χ1n) is 2.50. The van der Waals surface area contributed by atoms with Gasteiger partial charge in [-0.3, -0.25) is 4.79 Å². The maximum atomic E-state index is 10.3. The second-order valence-electron chi connectivity index (χ2n) is 1.66. The standard InChI is InChI=1S/C6H4O3S/c7-1-4-2-10-3-5(4)6(8)9/h1-3H,(H,8,9). The molecule has 0 amide bonds. The third-order valence-electron chi connectivity index (χ3n) is 1.05. The minimum absolute atomic E-state index is 0.0833. The lowest BCUT2D eigenvalue weighted by atomic mass is 10.2. The molecule has 0 radical (unpaired) electrons. The summed E-state index contributed by atoms with van der Waals surface area (Å²) < 4.78 is 0. The van der Waals surface area contributed by atoms with Gasteiger partial charge in [0.25, 0.3) is 0 Å². The molecule has 0 aliphatic rings. The van der Waals surface area contributed by atoms with Crippen LogP contribution in [0, 0.1) is 0 Å². The number of rotatable bonds is 2. The monoisotopic (exact) mass is 156 g/mol. The van der Waals surface area contributed by atoms with Crippen LogP contribution < -0.4 is 0 Å². The quantitative estimate of drug-likeness (QED) is 0.656. The van der Waals surface area contributed by atoms with E-state index in [9.17, 15) is 9.59 Å². The smallest absolute Gasteiger partial charge is 0.337 e. The first kappa shape index (κ1) is 6.95. The van der Waals surface area contributed by atoms with Gasteiger partial charge >= 0.3 is 5.97 Å². The van der Waals surface area contributed by atoms with E-state index in [4.69, 9.17) is 5.11 Å².